The van der Waals surface area contributed by atoms with E-state index in [1.54, 1.807) is 12.5 Å². The molecule has 0 spiro atoms. The summed E-state index contributed by atoms with van der Waals surface area (Å²) in [6.45, 7) is 5.42. The number of anilines is 1. The van der Waals surface area contributed by atoms with E-state index < -0.39 is 0 Å². The van der Waals surface area contributed by atoms with Crippen molar-refractivity contribution in [3.8, 4) is 11.6 Å². The number of nitrogens with zero attached hydrogens (tertiary/aromatic N) is 5. The predicted molar refractivity (Wildman–Crippen MR) is 115 cm³/mol. The van der Waals surface area contributed by atoms with Gasteiger partial charge in [-0.2, -0.15) is 0 Å². The summed E-state index contributed by atoms with van der Waals surface area (Å²) in [5.41, 5.74) is 1.91. The van der Waals surface area contributed by atoms with Gasteiger partial charge in [-0.05, 0) is 43.7 Å². The smallest absolute Gasteiger partial charge is 0.234 e. The molecule has 0 aliphatic heterocycles. The maximum atomic E-state index is 12.4. The molecule has 0 atom stereocenters. The Morgan fingerprint density at radius 2 is 2.03 bits per heavy atom. The fourth-order valence-electron chi connectivity index (χ4n) is 3.06. The second-order valence-corrected chi connectivity index (χ2v) is 7.61. The number of aryl methyl sites for hydroxylation is 1. The molecule has 0 saturated carbocycles. The molecular weight excluding hydrogens is 400 g/mol. The standard InChI is InChI=1S/C21H22N6O2S/c1-3-27-20(18-5-4-12-29-18)24-25-21(27)30-14-19(28)23-17-8-6-16(7-9-17)13-26-11-10-22-15(26)2/h4-12H,3,13-14H2,1-2H3,(H,23,28). The van der Waals surface area contributed by atoms with Crippen molar-refractivity contribution in [2.24, 2.45) is 0 Å². The molecule has 154 valence electrons. The molecule has 1 aromatic carbocycles. The molecule has 0 aliphatic rings. The van der Waals surface area contributed by atoms with Gasteiger partial charge in [0.2, 0.25) is 5.91 Å². The van der Waals surface area contributed by atoms with Crippen LogP contribution in [0.25, 0.3) is 11.6 Å². The van der Waals surface area contributed by atoms with Crippen LogP contribution in [0.4, 0.5) is 5.69 Å². The minimum Gasteiger partial charge on any atom is -0.461 e. The molecule has 3 aromatic heterocycles. The summed E-state index contributed by atoms with van der Waals surface area (Å²) in [5, 5.41) is 12.0. The molecule has 8 nitrogen and oxygen atoms in total. The van der Waals surface area contributed by atoms with Crippen molar-refractivity contribution < 1.29 is 9.21 Å². The van der Waals surface area contributed by atoms with Gasteiger partial charge in [-0.1, -0.05) is 23.9 Å². The number of rotatable bonds is 8. The molecule has 0 fully saturated rings. The molecule has 30 heavy (non-hydrogen) atoms. The monoisotopic (exact) mass is 422 g/mol. The van der Waals surface area contributed by atoms with E-state index in [-0.39, 0.29) is 11.7 Å². The van der Waals surface area contributed by atoms with Gasteiger partial charge in [0.1, 0.15) is 5.82 Å². The molecule has 0 saturated heterocycles. The Kier molecular flexibility index (Phi) is 5.99. The van der Waals surface area contributed by atoms with Crippen LogP contribution in [0.3, 0.4) is 0 Å². The topological polar surface area (TPSA) is 90.8 Å². The van der Waals surface area contributed by atoms with Gasteiger partial charge in [-0.25, -0.2) is 4.98 Å². The molecule has 3 heterocycles. The highest BCUT2D eigenvalue weighted by atomic mass is 32.2. The second-order valence-electron chi connectivity index (χ2n) is 6.66. The Labute approximate surface area is 178 Å². The average Bonchev–Trinajstić information content (AvgIpc) is 3.49. The first-order valence-corrected chi connectivity index (χ1v) is 10.6. The summed E-state index contributed by atoms with van der Waals surface area (Å²) in [7, 11) is 0. The van der Waals surface area contributed by atoms with Crippen LogP contribution < -0.4 is 5.32 Å². The highest BCUT2D eigenvalue weighted by Crippen LogP contribution is 2.24. The van der Waals surface area contributed by atoms with Crippen molar-refractivity contribution in [1.29, 1.82) is 0 Å². The lowest BCUT2D eigenvalue weighted by Gasteiger charge is -2.08. The van der Waals surface area contributed by atoms with Crippen molar-refractivity contribution >= 4 is 23.4 Å². The summed E-state index contributed by atoms with van der Waals surface area (Å²) in [6.07, 6.45) is 5.35. The molecule has 9 heteroatoms. The Bertz CT molecular complexity index is 1120. The van der Waals surface area contributed by atoms with Gasteiger partial charge in [-0.3, -0.25) is 9.36 Å². The Morgan fingerprint density at radius 1 is 1.20 bits per heavy atom. The highest BCUT2D eigenvalue weighted by Gasteiger charge is 2.16. The molecule has 0 unspecified atom stereocenters. The summed E-state index contributed by atoms with van der Waals surface area (Å²) >= 11 is 1.35. The van der Waals surface area contributed by atoms with Crippen molar-refractivity contribution in [1.82, 2.24) is 24.3 Å². The SMILES string of the molecule is CCn1c(SCC(=O)Nc2ccc(Cn3ccnc3C)cc2)nnc1-c1ccco1. The summed E-state index contributed by atoms with van der Waals surface area (Å²) in [4.78, 5) is 16.6. The fraction of sp³-hybridized carbons (Fsp3) is 0.238. The van der Waals surface area contributed by atoms with E-state index in [2.05, 4.69) is 25.1 Å². The van der Waals surface area contributed by atoms with Crippen molar-refractivity contribution in [3.05, 3.63) is 66.4 Å². The maximum Gasteiger partial charge on any atom is 0.234 e. The van der Waals surface area contributed by atoms with Gasteiger partial charge in [0.15, 0.2) is 16.7 Å². The molecule has 0 radical (unpaired) electrons. The predicted octanol–water partition coefficient (Wildman–Crippen LogP) is 3.84. The lowest BCUT2D eigenvalue weighted by molar-refractivity contribution is -0.113. The van der Waals surface area contributed by atoms with Gasteiger partial charge in [-0.15, -0.1) is 10.2 Å². The van der Waals surface area contributed by atoms with E-state index >= 15 is 0 Å². The minimum atomic E-state index is -0.0941. The number of hydrogen-bond donors (Lipinski definition) is 1. The van der Waals surface area contributed by atoms with Gasteiger partial charge in [0.05, 0.1) is 12.0 Å². The summed E-state index contributed by atoms with van der Waals surface area (Å²) in [6, 6.07) is 11.5. The zero-order valence-corrected chi connectivity index (χ0v) is 17.6. The maximum absolute atomic E-state index is 12.4. The van der Waals surface area contributed by atoms with Crippen LogP contribution in [0, 0.1) is 6.92 Å². The zero-order chi connectivity index (χ0) is 20.9. The third-order valence-corrected chi connectivity index (χ3v) is 5.59. The van der Waals surface area contributed by atoms with Crippen molar-refractivity contribution in [2.45, 2.75) is 32.1 Å². The fourth-order valence-corrected chi connectivity index (χ4v) is 3.86. The van der Waals surface area contributed by atoms with Crippen LogP contribution in [-0.2, 0) is 17.9 Å². The molecule has 4 aromatic rings. The number of aromatic nitrogens is 5. The molecule has 0 bridgehead atoms. The summed E-state index contributed by atoms with van der Waals surface area (Å²) < 4.78 is 9.42. The van der Waals surface area contributed by atoms with Crippen molar-refractivity contribution in [2.75, 3.05) is 11.1 Å². The number of hydrogen-bond acceptors (Lipinski definition) is 6. The van der Waals surface area contributed by atoms with E-state index in [9.17, 15) is 4.79 Å². The zero-order valence-electron chi connectivity index (χ0n) is 16.8. The largest absolute Gasteiger partial charge is 0.461 e. The van der Waals surface area contributed by atoms with Crippen LogP contribution >= 0.6 is 11.8 Å². The highest BCUT2D eigenvalue weighted by molar-refractivity contribution is 7.99. The number of carbonyl (C=O) groups is 1. The van der Waals surface area contributed by atoms with Crippen LogP contribution in [0.1, 0.15) is 18.3 Å². The number of carbonyl (C=O) groups excluding carboxylic acids is 1. The van der Waals surface area contributed by atoms with Crippen LogP contribution in [0.2, 0.25) is 0 Å². The average molecular weight is 423 g/mol. The lowest BCUT2D eigenvalue weighted by Crippen LogP contribution is -2.14. The Hall–Kier alpha value is -3.33. The van der Waals surface area contributed by atoms with E-state index in [1.807, 2.05) is 61.0 Å². The van der Waals surface area contributed by atoms with E-state index in [4.69, 9.17) is 4.42 Å². The van der Waals surface area contributed by atoms with Gasteiger partial charge >= 0.3 is 0 Å². The number of furan rings is 1. The molecule has 1 amide bonds. The van der Waals surface area contributed by atoms with Crippen LogP contribution in [0.5, 0.6) is 0 Å². The van der Waals surface area contributed by atoms with Gasteiger partial charge in [0, 0.05) is 31.2 Å². The Morgan fingerprint density at radius 3 is 2.70 bits per heavy atom. The number of amides is 1. The van der Waals surface area contributed by atoms with E-state index in [0.29, 0.717) is 23.3 Å². The van der Waals surface area contributed by atoms with Crippen LogP contribution in [0.15, 0.2) is 64.6 Å². The van der Waals surface area contributed by atoms with Crippen LogP contribution in [-0.4, -0.2) is 36.0 Å². The second kappa shape index (κ2) is 9.00. The normalized spacial score (nSPS) is 11.0. The molecule has 0 aliphatic carbocycles. The van der Waals surface area contributed by atoms with E-state index in [0.717, 1.165) is 23.6 Å². The first-order valence-electron chi connectivity index (χ1n) is 9.60. The third-order valence-electron chi connectivity index (χ3n) is 4.62. The Balaban J connectivity index is 1.33. The first kappa shape index (κ1) is 20.0. The van der Waals surface area contributed by atoms with Gasteiger partial charge in [0.25, 0.3) is 0 Å². The minimum absolute atomic E-state index is 0.0941. The third kappa shape index (κ3) is 4.46. The number of nitrogens with one attached hydrogen (secondary N) is 1. The molecule has 4 rings (SSSR count). The van der Waals surface area contributed by atoms with E-state index in [1.165, 1.54) is 11.8 Å². The number of imidazole rings is 1. The number of benzene rings is 1. The quantitative estimate of drug-likeness (QED) is 0.434. The molecule has 1 N–H and O–H groups in total. The summed E-state index contributed by atoms with van der Waals surface area (Å²) in [5.74, 6) is 2.44. The molecular formula is C21H22N6O2S. The van der Waals surface area contributed by atoms with Crippen molar-refractivity contribution in [3.63, 3.8) is 0 Å². The first-order chi connectivity index (χ1) is 14.6. The number of thioether (sulfide) groups is 1. The van der Waals surface area contributed by atoms with Gasteiger partial charge < -0.3 is 14.3 Å². The lowest BCUT2D eigenvalue weighted by atomic mass is 10.2.